The summed E-state index contributed by atoms with van der Waals surface area (Å²) >= 11 is 0. The summed E-state index contributed by atoms with van der Waals surface area (Å²) in [5, 5.41) is 103. The third-order valence-corrected chi connectivity index (χ3v) is 18.6. The number of phenols is 4. The zero-order chi connectivity index (χ0) is 78.2. The van der Waals surface area contributed by atoms with Crippen molar-refractivity contribution in [2.45, 2.75) is 51.9 Å². The monoisotopic (exact) mass is 1490 g/mol. The zero-order valence-electron chi connectivity index (χ0n) is 63.1. The van der Waals surface area contributed by atoms with E-state index in [2.05, 4.69) is 94.0 Å². The number of hydrogen-bond acceptors (Lipinski definition) is 18. The smallest absolute Gasteiger partial charge is 0.255 e. The van der Waals surface area contributed by atoms with Gasteiger partial charge in [-0.3, -0.25) is 19.2 Å². The van der Waals surface area contributed by atoms with Crippen LogP contribution in [-0.4, -0.2) is 130 Å². The third-order valence-electron chi connectivity index (χ3n) is 18.6. The molecule has 12 aromatic rings. The number of hydrogen-bond donors (Lipinski definition) is 10. The molecular formula is C88H92N15O8+. The second kappa shape index (κ2) is 38.2. The molecule has 23 heteroatoms. The van der Waals surface area contributed by atoms with Gasteiger partial charge in [-0.15, -0.1) is 20.5 Å². The Kier molecular flexibility index (Phi) is 27.2. The van der Waals surface area contributed by atoms with Crippen LogP contribution >= 0.6 is 0 Å². The van der Waals surface area contributed by atoms with Gasteiger partial charge in [0.15, 0.2) is 23.0 Å². The molecule has 0 aliphatic carbocycles. The Bertz CT molecular complexity index is 5250. The van der Waals surface area contributed by atoms with Gasteiger partial charge in [0.05, 0.1) is 79.2 Å². The quantitative estimate of drug-likeness (QED) is 0.0111. The average Bonchev–Trinajstić information content (AvgIpc) is 0.800. The minimum Gasteiger partial charge on any atom is -0.505 e. The van der Waals surface area contributed by atoms with Crippen LogP contribution in [-0.2, 0) is 25.7 Å². The summed E-state index contributed by atoms with van der Waals surface area (Å²) in [6.45, 7) is 6.19. The topological polar surface area (TPSA) is 320 Å². The molecule has 0 aliphatic heterocycles. The molecule has 0 spiro atoms. The van der Waals surface area contributed by atoms with Crippen molar-refractivity contribution in [2.24, 2.45) is 40.9 Å². The summed E-state index contributed by atoms with van der Waals surface area (Å²) in [7, 11) is 9.87. The molecule has 12 rings (SSSR count). The molecule has 10 N–H and O–H groups in total. The lowest BCUT2D eigenvalue weighted by molar-refractivity contribution is -0.869. The van der Waals surface area contributed by atoms with E-state index in [9.17, 15) is 39.6 Å². The van der Waals surface area contributed by atoms with Gasteiger partial charge in [-0.05, 0) is 189 Å². The van der Waals surface area contributed by atoms with E-state index < -0.39 is 0 Å². The largest absolute Gasteiger partial charge is 0.505 e. The van der Waals surface area contributed by atoms with Crippen LogP contribution in [0.3, 0.4) is 0 Å². The van der Waals surface area contributed by atoms with Crippen molar-refractivity contribution >= 4 is 112 Å². The van der Waals surface area contributed by atoms with Gasteiger partial charge >= 0.3 is 0 Å². The molecule has 0 saturated carbocycles. The van der Waals surface area contributed by atoms with Crippen LogP contribution in [0.25, 0.3) is 43.1 Å². The molecule has 0 saturated heterocycles. The Morgan fingerprint density at radius 2 is 0.559 bits per heavy atom. The fraction of sp³-hybridized carbons (Fsp3) is 0.227. The number of azo groups is 4. The Morgan fingerprint density at radius 3 is 0.802 bits per heavy atom. The number of amides is 4. The van der Waals surface area contributed by atoms with Gasteiger partial charge in [0.25, 0.3) is 23.6 Å². The molecule has 566 valence electrons. The van der Waals surface area contributed by atoms with E-state index in [1.165, 1.54) is 0 Å². The van der Waals surface area contributed by atoms with Gasteiger partial charge in [0.2, 0.25) is 0 Å². The number of phenolic OH excluding ortho intramolecular Hbond substituents is 4. The maximum absolute atomic E-state index is 13.0. The number of aryl methyl sites for hydroxylation is 4. The SMILES string of the molecule is CCCNC(=O)c1cc2ccccc2c(N=Nc2ccc(CCc3ccc(N=Nc4c(O)c(C(=O)NCC[N+](C)(C)C)cc5ccccc45)cc3)cc2)c1O.CNCCCNC(=O)c1cc2ccccc2c(N=Nc2ccc(CCc3ccc(N=Nc4c(O)c(C(=O)NCCCNC)cc5ccccc45)cc3)cc2)c1O. The Labute approximate surface area is 644 Å². The predicted molar refractivity (Wildman–Crippen MR) is 439 cm³/mol. The van der Waals surface area contributed by atoms with Gasteiger partial charge in [-0.2, -0.15) is 20.5 Å². The summed E-state index contributed by atoms with van der Waals surface area (Å²) in [6.07, 6.45) is 5.48. The highest BCUT2D eigenvalue weighted by atomic mass is 16.3. The van der Waals surface area contributed by atoms with Gasteiger partial charge in [-0.1, -0.05) is 153 Å². The standard InChI is InChI=1S/C44H46N8O4.C44H45N7O4/c1-45-23-7-25-47-43(55)37-27-31-9-3-5-11-35(31)39(41(37)53)51-49-33-19-15-29(16-20-33)13-14-30-17-21-34(22-18-30)50-52-40-36-12-6-4-10-32(36)28-38(42(40)54)44(56)48-26-8-24-46-2;1-5-24-45-43(54)37-27-31-10-6-8-12-35(31)39(41(37)52)49-47-33-20-16-29(17-21-33)14-15-30-18-22-34(23-19-30)48-50-40-36-13-9-7-11-32(36)28-38(42(40)53)44(55)46-25-26-51(2,3)4/h3-6,9-12,15-22,27-28,45-46,53-54H,7-8,13-14,23-26H2,1-2H3,(H,47,55)(H,48,56);6-13,16-23,27-28H,5,14-15,24-26H2,1-4H3,(H3-,45,46,47,48,52,53,54,55)/p+1. The predicted octanol–water partition coefficient (Wildman–Crippen LogP) is 18.3. The van der Waals surface area contributed by atoms with Crippen LogP contribution in [0.5, 0.6) is 23.0 Å². The first-order valence-corrected chi connectivity index (χ1v) is 37.1. The minimum absolute atomic E-state index is 0.156. The van der Waals surface area contributed by atoms with Crippen molar-refractivity contribution in [3.8, 4) is 23.0 Å². The first-order valence-electron chi connectivity index (χ1n) is 37.1. The van der Waals surface area contributed by atoms with Gasteiger partial charge in [0.1, 0.15) is 22.7 Å². The highest BCUT2D eigenvalue weighted by Crippen LogP contribution is 2.44. The van der Waals surface area contributed by atoms with E-state index in [1.807, 2.05) is 215 Å². The van der Waals surface area contributed by atoms with Crippen molar-refractivity contribution < 1.29 is 44.1 Å². The molecule has 111 heavy (non-hydrogen) atoms. The molecule has 0 atom stereocenters. The number of rotatable bonds is 31. The van der Waals surface area contributed by atoms with E-state index in [-0.39, 0.29) is 91.6 Å². The number of fused-ring (bicyclic) bond motifs is 4. The highest BCUT2D eigenvalue weighted by molar-refractivity contribution is 6.10. The van der Waals surface area contributed by atoms with Crippen LogP contribution < -0.4 is 31.9 Å². The van der Waals surface area contributed by atoms with Crippen LogP contribution in [0.4, 0.5) is 45.5 Å². The lowest BCUT2D eigenvalue weighted by atomic mass is 10.0. The second-order valence-electron chi connectivity index (χ2n) is 27.8. The lowest BCUT2D eigenvalue weighted by Gasteiger charge is -2.23. The Balaban J connectivity index is 0.000000220. The molecule has 0 heterocycles. The van der Waals surface area contributed by atoms with E-state index in [1.54, 1.807) is 24.3 Å². The molecule has 0 fully saturated rings. The summed E-state index contributed by atoms with van der Waals surface area (Å²) in [4.78, 5) is 51.6. The van der Waals surface area contributed by atoms with E-state index >= 15 is 0 Å². The molecule has 0 bridgehead atoms. The first-order chi connectivity index (χ1) is 53.9. The number of nitrogens with zero attached hydrogens (tertiary/aromatic N) is 9. The molecule has 4 amide bonds. The van der Waals surface area contributed by atoms with Crippen LogP contribution in [0.15, 0.2) is 259 Å². The van der Waals surface area contributed by atoms with Gasteiger partial charge in [-0.25, -0.2) is 0 Å². The maximum Gasteiger partial charge on any atom is 0.255 e. The second-order valence-corrected chi connectivity index (χ2v) is 27.8. The summed E-state index contributed by atoms with van der Waals surface area (Å²) in [5.41, 5.74) is 8.55. The van der Waals surface area contributed by atoms with Crippen molar-refractivity contribution in [3.63, 3.8) is 0 Å². The lowest BCUT2D eigenvalue weighted by Crippen LogP contribution is -2.41. The number of quaternary nitrogens is 1. The Morgan fingerprint density at radius 1 is 0.315 bits per heavy atom. The summed E-state index contributed by atoms with van der Waals surface area (Å²) in [6, 6.07) is 67.5. The van der Waals surface area contributed by atoms with Crippen LogP contribution in [0, 0.1) is 0 Å². The summed E-state index contributed by atoms with van der Waals surface area (Å²) in [5.74, 6) is -2.27. The highest BCUT2D eigenvalue weighted by Gasteiger charge is 2.23. The fourth-order valence-corrected chi connectivity index (χ4v) is 12.4. The van der Waals surface area contributed by atoms with Gasteiger partial charge in [0, 0.05) is 41.2 Å². The number of aromatic hydroxyl groups is 4. The molecule has 0 aromatic heterocycles. The van der Waals surface area contributed by atoms with E-state index in [0.29, 0.717) is 75.0 Å². The molecule has 0 aliphatic rings. The Hall–Kier alpha value is -13.0. The number of nitrogens with one attached hydrogen (secondary N) is 6. The van der Waals surface area contributed by atoms with Crippen molar-refractivity contribution in [1.82, 2.24) is 31.9 Å². The van der Waals surface area contributed by atoms with E-state index in [4.69, 9.17) is 0 Å². The fourth-order valence-electron chi connectivity index (χ4n) is 12.4. The molecular weight excluding hydrogens is 1400 g/mol. The third kappa shape index (κ3) is 21.1. The summed E-state index contributed by atoms with van der Waals surface area (Å²) < 4.78 is 0.703. The zero-order valence-corrected chi connectivity index (χ0v) is 63.1. The maximum atomic E-state index is 13.0. The minimum atomic E-state index is -0.363. The number of benzene rings is 12. The van der Waals surface area contributed by atoms with Crippen LogP contribution in [0.2, 0.25) is 0 Å². The molecule has 23 nitrogen and oxygen atoms in total. The van der Waals surface area contributed by atoms with Crippen molar-refractivity contribution in [1.29, 1.82) is 0 Å². The average molecular weight is 1490 g/mol. The molecule has 12 aromatic carbocycles. The normalized spacial score (nSPS) is 11.7. The molecule has 0 radical (unpaired) electrons. The molecule has 0 unspecified atom stereocenters. The van der Waals surface area contributed by atoms with E-state index in [0.717, 1.165) is 108 Å². The van der Waals surface area contributed by atoms with Gasteiger partial charge < -0.3 is 56.8 Å². The first kappa shape index (κ1) is 79.1. The van der Waals surface area contributed by atoms with Crippen molar-refractivity contribution in [2.75, 3.05) is 81.1 Å². The number of carbonyl (C=O) groups excluding carboxylic acids is 4. The van der Waals surface area contributed by atoms with Crippen molar-refractivity contribution in [3.05, 3.63) is 263 Å². The number of likely N-dealkylation sites (N-methyl/N-ethyl adjacent to an activating group) is 1. The van der Waals surface area contributed by atoms with Crippen LogP contribution in [0.1, 0.15) is 89.9 Å². The number of carbonyl (C=O) groups is 4.